The molecule has 174 valence electrons. The number of nitrogens with one attached hydrogen (secondary N) is 1. The number of carbonyl (C=O) groups is 1. The van der Waals surface area contributed by atoms with E-state index in [2.05, 4.69) is 5.32 Å². The molecule has 0 spiro atoms. The van der Waals surface area contributed by atoms with Crippen LogP contribution in [-0.2, 0) is 11.3 Å². The molecule has 0 radical (unpaired) electrons. The number of ether oxygens (including phenoxy) is 1. The standard InChI is InChI=1S/C25H28N2O6/c1-15-11-21(29)24(31)25(33-15)19(17-7-10-20(28)22(12-17)32-4)13-23(30)26-14-16-5-8-18(9-6-16)27(2)3/h5-12,19,28,31H,13-14H2,1-4H3,(H,26,30)/t19-/m1/s1. The molecular weight excluding hydrogens is 424 g/mol. The SMILES string of the molecule is COc1cc([C@@H](CC(=O)NCc2ccc(N(C)C)cc2)c2oc(C)cc(=O)c2O)ccc1O. The van der Waals surface area contributed by atoms with Crippen LogP contribution in [0.2, 0.25) is 0 Å². The number of amides is 1. The molecular formula is C25H28N2O6. The zero-order valence-electron chi connectivity index (χ0n) is 19.1. The van der Waals surface area contributed by atoms with Crippen LogP contribution in [0.25, 0.3) is 0 Å². The molecule has 8 heteroatoms. The van der Waals surface area contributed by atoms with E-state index in [1.807, 2.05) is 43.3 Å². The molecule has 33 heavy (non-hydrogen) atoms. The number of carbonyl (C=O) groups excluding carboxylic acids is 1. The fourth-order valence-corrected chi connectivity index (χ4v) is 3.50. The van der Waals surface area contributed by atoms with Crippen LogP contribution in [0.1, 0.15) is 35.0 Å². The van der Waals surface area contributed by atoms with E-state index < -0.39 is 17.1 Å². The largest absolute Gasteiger partial charge is 0.504 e. The first-order valence-corrected chi connectivity index (χ1v) is 10.4. The summed E-state index contributed by atoms with van der Waals surface area (Å²) in [5.74, 6) is -1.20. The first-order chi connectivity index (χ1) is 15.7. The van der Waals surface area contributed by atoms with Gasteiger partial charge in [0.25, 0.3) is 0 Å². The third-order valence-corrected chi connectivity index (χ3v) is 5.33. The van der Waals surface area contributed by atoms with Gasteiger partial charge in [0.2, 0.25) is 17.1 Å². The molecule has 3 N–H and O–H groups in total. The number of phenolic OH excluding ortho intramolecular Hbond substituents is 1. The van der Waals surface area contributed by atoms with Crippen LogP contribution >= 0.6 is 0 Å². The number of aromatic hydroxyl groups is 2. The minimum atomic E-state index is -0.775. The van der Waals surface area contributed by atoms with Crippen molar-refractivity contribution in [3.05, 3.63) is 81.4 Å². The van der Waals surface area contributed by atoms with Crippen LogP contribution in [-0.4, -0.2) is 37.3 Å². The monoisotopic (exact) mass is 452 g/mol. The normalized spacial score (nSPS) is 11.6. The Morgan fingerprint density at radius 1 is 1.12 bits per heavy atom. The molecule has 2 aromatic carbocycles. The zero-order chi connectivity index (χ0) is 24.1. The third-order valence-electron chi connectivity index (χ3n) is 5.33. The number of phenols is 1. The summed E-state index contributed by atoms with van der Waals surface area (Å²) < 4.78 is 10.8. The summed E-state index contributed by atoms with van der Waals surface area (Å²) in [6.45, 7) is 1.91. The zero-order valence-corrected chi connectivity index (χ0v) is 19.1. The van der Waals surface area contributed by atoms with E-state index in [-0.39, 0.29) is 29.6 Å². The highest BCUT2D eigenvalue weighted by atomic mass is 16.5. The van der Waals surface area contributed by atoms with Gasteiger partial charge in [-0.15, -0.1) is 0 Å². The van der Waals surface area contributed by atoms with Gasteiger partial charge in [-0.1, -0.05) is 18.2 Å². The maximum absolute atomic E-state index is 12.8. The predicted octanol–water partition coefficient (Wildman–Crippen LogP) is 3.27. The lowest BCUT2D eigenvalue weighted by Crippen LogP contribution is -2.25. The summed E-state index contributed by atoms with van der Waals surface area (Å²) in [5, 5.41) is 23.2. The second kappa shape index (κ2) is 10.1. The van der Waals surface area contributed by atoms with Gasteiger partial charge in [-0.25, -0.2) is 0 Å². The highest BCUT2D eigenvalue weighted by Gasteiger charge is 2.26. The van der Waals surface area contributed by atoms with Crippen molar-refractivity contribution in [2.45, 2.75) is 25.8 Å². The molecule has 3 aromatic rings. The molecule has 0 bridgehead atoms. The van der Waals surface area contributed by atoms with Crippen molar-refractivity contribution < 1.29 is 24.2 Å². The number of anilines is 1. The maximum Gasteiger partial charge on any atom is 0.227 e. The summed E-state index contributed by atoms with van der Waals surface area (Å²) in [6.07, 6.45) is -0.0936. The lowest BCUT2D eigenvalue weighted by Gasteiger charge is -2.19. The van der Waals surface area contributed by atoms with Gasteiger partial charge in [-0.3, -0.25) is 9.59 Å². The first kappa shape index (κ1) is 23.7. The molecule has 1 amide bonds. The molecule has 0 saturated carbocycles. The molecule has 8 nitrogen and oxygen atoms in total. The molecule has 0 saturated heterocycles. The molecule has 1 aromatic heterocycles. The Morgan fingerprint density at radius 2 is 1.82 bits per heavy atom. The number of benzene rings is 2. The Morgan fingerprint density at radius 3 is 2.45 bits per heavy atom. The summed E-state index contributed by atoms with van der Waals surface area (Å²) in [7, 11) is 5.31. The van der Waals surface area contributed by atoms with Crippen molar-refractivity contribution in [2.24, 2.45) is 0 Å². The third kappa shape index (κ3) is 5.65. The van der Waals surface area contributed by atoms with Gasteiger partial charge < -0.3 is 29.6 Å². The summed E-state index contributed by atoms with van der Waals surface area (Å²) in [5.41, 5.74) is 1.93. The Balaban J connectivity index is 1.87. The number of hydrogen-bond acceptors (Lipinski definition) is 7. The summed E-state index contributed by atoms with van der Waals surface area (Å²) in [4.78, 5) is 27.0. The van der Waals surface area contributed by atoms with Crippen molar-refractivity contribution in [2.75, 3.05) is 26.1 Å². The Labute approximate surface area is 192 Å². The Bertz CT molecular complexity index is 1180. The van der Waals surface area contributed by atoms with Gasteiger partial charge in [0.05, 0.1) is 13.0 Å². The second-order valence-corrected chi connectivity index (χ2v) is 7.96. The molecule has 0 fully saturated rings. The minimum absolute atomic E-state index is 0.0155. The van der Waals surface area contributed by atoms with Gasteiger partial charge in [0.15, 0.2) is 17.3 Å². The second-order valence-electron chi connectivity index (χ2n) is 7.96. The van der Waals surface area contributed by atoms with Crippen LogP contribution in [0, 0.1) is 6.92 Å². The van der Waals surface area contributed by atoms with Crippen molar-refractivity contribution >= 4 is 11.6 Å². The van der Waals surface area contributed by atoms with Gasteiger partial charge in [0.1, 0.15) is 5.76 Å². The topological polar surface area (TPSA) is 112 Å². The van der Waals surface area contributed by atoms with Gasteiger partial charge in [-0.2, -0.15) is 0 Å². The van der Waals surface area contributed by atoms with E-state index in [9.17, 15) is 19.8 Å². The summed E-state index contributed by atoms with van der Waals surface area (Å²) in [6, 6.07) is 13.6. The van der Waals surface area contributed by atoms with Gasteiger partial charge in [0, 0.05) is 38.8 Å². The number of aryl methyl sites for hydroxylation is 1. The lowest BCUT2D eigenvalue weighted by atomic mass is 9.91. The van der Waals surface area contributed by atoms with Crippen LogP contribution in [0.4, 0.5) is 5.69 Å². The fraction of sp³-hybridized carbons (Fsp3) is 0.280. The smallest absolute Gasteiger partial charge is 0.227 e. The van der Waals surface area contributed by atoms with Crippen molar-refractivity contribution in [3.63, 3.8) is 0 Å². The predicted molar refractivity (Wildman–Crippen MR) is 125 cm³/mol. The molecule has 3 rings (SSSR count). The number of hydrogen-bond donors (Lipinski definition) is 3. The van der Waals surface area contributed by atoms with Gasteiger partial charge >= 0.3 is 0 Å². The van der Waals surface area contributed by atoms with E-state index in [1.165, 1.54) is 19.2 Å². The average Bonchev–Trinajstić information content (AvgIpc) is 2.79. The fourth-order valence-electron chi connectivity index (χ4n) is 3.50. The molecule has 1 heterocycles. The highest BCUT2D eigenvalue weighted by molar-refractivity contribution is 5.77. The molecule has 0 unspecified atom stereocenters. The van der Waals surface area contributed by atoms with Crippen molar-refractivity contribution in [1.82, 2.24) is 5.32 Å². The van der Waals surface area contributed by atoms with Gasteiger partial charge in [-0.05, 0) is 42.3 Å². The van der Waals surface area contributed by atoms with E-state index in [0.717, 1.165) is 11.3 Å². The van der Waals surface area contributed by atoms with Crippen molar-refractivity contribution in [3.8, 4) is 17.2 Å². The van der Waals surface area contributed by atoms with Crippen LogP contribution in [0.5, 0.6) is 17.2 Å². The summed E-state index contributed by atoms with van der Waals surface area (Å²) >= 11 is 0. The minimum Gasteiger partial charge on any atom is -0.504 e. The first-order valence-electron chi connectivity index (χ1n) is 10.4. The lowest BCUT2D eigenvalue weighted by molar-refractivity contribution is -0.121. The molecule has 0 aliphatic heterocycles. The van der Waals surface area contributed by atoms with E-state index >= 15 is 0 Å². The maximum atomic E-state index is 12.8. The van der Waals surface area contributed by atoms with Crippen LogP contribution in [0.3, 0.4) is 0 Å². The highest BCUT2D eigenvalue weighted by Crippen LogP contribution is 2.37. The molecule has 0 aliphatic rings. The number of rotatable bonds is 8. The molecule has 1 atom stereocenters. The Hall–Kier alpha value is -3.94. The Kier molecular flexibility index (Phi) is 7.27. The van der Waals surface area contributed by atoms with Crippen LogP contribution in [0.15, 0.2) is 57.7 Å². The van der Waals surface area contributed by atoms with E-state index in [1.54, 1.807) is 19.1 Å². The molecule has 0 aliphatic carbocycles. The van der Waals surface area contributed by atoms with E-state index in [4.69, 9.17) is 9.15 Å². The quantitative estimate of drug-likeness (QED) is 0.481. The van der Waals surface area contributed by atoms with E-state index in [0.29, 0.717) is 17.9 Å². The average molecular weight is 453 g/mol. The number of methoxy groups -OCH3 is 1. The van der Waals surface area contributed by atoms with Crippen molar-refractivity contribution in [1.29, 1.82) is 0 Å². The number of nitrogens with zero attached hydrogens (tertiary/aromatic N) is 1. The van der Waals surface area contributed by atoms with Crippen LogP contribution < -0.4 is 20.4 Å².